The Morgan fingerprint density at radius 3 is 2.89 bits per heavy atom. The number of ether oxygens (including phenoxy) is 1. The first kappa shape index (κ1) is 14.6. The van der Waals surface area contributed by atoms with Crippen molar-refractivity contribution in [3.63, 3.8) is 0 Å². The molecule has 0 heterocycles. The summed E-state index contributed by atoms with van der Waals surface area (Å²) in [7, 11) is 2.07. The zero-order valence-electron chi connectivity index (χ0n) is 11.8. The molecule has 1 aliphatic carbocycles. The van der Waals surface area contributed by atoms with Gasteiger partial charge in [-0.05, 0) is 31.4 Å². The second-order valence-electron chi connectivity index (χ2n) is 5.02. The van der Waals surface area contributed by atoms with Gasteiger partial charge in [0.2, 0.25) is 0 Å². The normalized spacial score (nSPS) is 14.7. The van der Waals surface area contributed by atoms with E-state index in [9.17, 15) is 0 Å². The predicted molar refractivity (Wildman–Crippen MR) is 81.1 cm³/mol. The molecule has 0 unspecified atom stereocenters. The maximum absolute atomic E-state index is 6.36. The van der Waals surface area contributed by atoms with Crippen LogP contribution in [0.25, 0.3) is 0 Å². The molecule has 3 nitrogen and oxygen atoms in total. The Balaban J connectivity index is 2.02. The van der Waals surface area contributed by atoms with Gasteiger partial charge in [0.25, 0.3) is 0 Å². The molecule has 2 rings (SSSR count). The third-order valence-electron chi connectivity index (χ3n) is 3.39. The van der Waals surface area contributed by atoms with Crippen molar-refractivity contribution < 1.29 is 4.74 Å². The van der Waals surface area contributed by atoms with Crippen LogP contribution in [0.3, 0.4) is 0 Å². The second kappa shape index (κ2) is 7.13. The first-order chi connectivity index (χ1) is 9.22. The van der Waals surface area contributed by atoms with Gasteiger partial charge in [0.05, 0.1) is 17.3 Å². The number of nitrogens with one attached hydrogen (secondary N) is 1. The van der Waals surface area contributed by atoms with E-state index < -0.39 is 0 Å². The molecule has 4 heteroatoms. The summed E-state index contributed by atoms with van der Waals surface area (Å²) in [6.07, 6.45) is 2.60. The van der Waals surface area contributed by atoms with E-state index in [0.29, 0.717) is 6.04 Å². The summed E-state index contributed by atoms with van der Waals surface area (Å²) in [5, 5.41) is 4.36. The molecule has 0 aromatic heterocycles. The molecule has 0 amide bonds. The van der Waals surface area contributed by atoms with Gasteiger partial charge in [0.1, 0.15) is 0 Å². The van der Waals surface area contributed by atoms with Gasteiger partial charge < -0.3 is 15.0 Å². The zero-order valence-corrected chi connectivity index (χ0v) is 12.5. The molecule has 106 valence electrons. The summed E-state index contributed by atoms with van der Waals surface area (Å²) in [4.78, 5) is 2.18. The highest BCUT2D eigenvalue weighted by atomic mass is 35.5. The molecule has 1 fully saturated rings. The first-order valence-electron chi connectivity index (χ1n) is 7.02. The highest BCUT2D eigenvalue weighted by Gasteiger charge is 2.21. The molecule has 1 saturated carbocycles. The van der Waals surface area contributed by atoms with Crippen LogP contribution in [0.5, 0.6) is 0 Å². The van der Waals surface area contributed by atoms with Crippen LogP contribution in [0.15, 0.2) is 18.2 Å². The third-order valence-corrected chi connectivity index (χ3v) is 3.69. The van der Waals surface area contributed by atoms with Crippen LogP contribution in [-0.2, 0) is 11.3 Å². The number of rotatable bonds is 8. The molecule has 0 radical (unpaired) electrons. The summed E-state index contributed by atoms with van der Waals surface area (Å²) in [5.74, 6) is 0. The lowest BCUT2D eigenvalue weighted by Crippen LogP contribution is -2.25. The van der Waals surface area contributed by atoms with Crippen molar-refractivity contribution in [1.82, 2.24) is 5.32 Å². The second-order valence-corrected chi connectivity index (χ2v) is 5.43. The van der Waals surface area contributed by atoms with E-state index in [0.717, 1.165) is 37.0 Å². The Hall–Kier alpha value is -0.770. The van der Waals surface area contributed by atoms with Crippen molar-refractivity contribution in [1.29, 1.82) is 0 Å². The molecule has 1 aliphatic rings. The first-order valence-corrected chi connectivity index (χ1v) is 7.39. The lowest BCUT2D eigenvalue weighted by atomic mass is 10.1. The molecule has 1 aromatic carbocycles. The van der Waals surface area contributed by atoms with E-state index in [1.54, 1.807) is 0 Å². The quantitative estimate of drug-likeness (QED) is 0.742. The summed E-state index contributed by atoms with van der Waals surface area (Å²) >= 11 is 6.36. The van der Waals surface area contributed by atoms with Crippen LogP contribution in [-0.4, -0.2) is 32.8 Å². The van der Waals surface area contributed by atoms with Crippen molar-refractivity contribution in [2.75, 3.05) is 31.7 Å². The molecule has 0 atom stereocenters. The van der Waals surface area contributed by atoms with Gasteiger partial charge in [-0.1, -0.05) is 23.7 Å². The van der Waals surface area contributed by atoms with Crippen LogP contribution >= 0.6 is 11.6 Å². The van der Waals surface area contributed by atoms with Gasteiger partial charge in [-0.3, -0.25) is 0 Å². The van der Waals surface area contributed by atoms with Crippen LogP contribution < -0.4 is 10.2 Å². The topological polar surface area (TPSA) is 24.5 Å². The van der Waals surface area contributed by atoms with Crippen LogP contribution in [0.1, 0.15) is 25.3 Å². The largest absolute Gasteiger partial charge is 0.380 e. The third kappa shape index (κ3) is 4.37. The average molecular weight is 283 g/mol. The van der Waals surface area contributed by atoms with E-state index in [1.165, 1.54) is 18.4 Å². The summed E-state index contributed by atoms with van der Waals surface area (Å²) in [5.41, 5.74) is 2.38. The molecule has 0 spiro atoms. The van der Waals surface area contributed by atoms with Crippen LogP contribution in [0, 0.1) is 0 Å². The number of likely N-dealkylation sites (N-methyl/N-ethyl adjacent to an activating group) is 1. The molecular formula is C15H23ClN2O. The molecule has 19 heavy (non-hydrogen) atoms. The number of anilines is 1. The van der Waals surface area contributed by atoms with Crippen molar-refractivity contribution in [3.8, 4) is 0 Å². The summed E-state index contributed by atoms with van der Waals surface area (Å²) in [6.45, 7) is 5.24. The summed E-state index contributed by atoms with van der Waals surface area (Å²) < 4.78 is 5.41. The van der Waals surface area contributed by atoms with E-state index >= 15 is 0 Å². The van der Waals surface area contributed by atoms with Gasteiger partial charge in [-0.15, -0.1) is 0 Å². The maximum Gasteiger partial charge on any atom is 0.0642 e. The van der Waals surface area contributed by atoms with Gasteiger partial charge in [-0.2, -0.15) is 0 Å². The number of benzene rings is 1. The minimum absolute atomic E-state index is 0.709. The van der Waals surface area contributed by atoms with E-state index in [2.05, 4.69) is 23.3 Å². The monoisotopic (exact) mass is 282 g/mol. The fourth-order valence-corrected chi connectivity index (χ4v) is 2.47. The van der Waals surface area contributed by atoms with Crippen molar-refractivity contribution >= 4 is 17.3 Å². The molecular weight excluding hydrogens is 260 g/mol. The molecule has 1 N–H and O–H groups in total. The summed E-state index contributed by atoms with van der Waals surface area (Å²) in [6, 6.07) is 6.83. The van der Waals surface area contributed by atoms with Crippen LogP contribution in [0.4, 0.5) is 5.69 Å². The van der Waals surface area contributed by atoms with Gasteiger partial charge in [0, 0.05) is 32.8 Å². The standard InChI is InChI=1S/C15H23ClN2O/c1-3-19-10-9-18(2)15-12(5-4-6-14(15)16)11-17-13-7-8-13/h4-6,13,17H,3,7-11H2,1-2H3. The van der Waals surface area contributed by atoms with E-state index in [4.69, 9.17) is 16.3 Å². The number of para-hydroxylation sites is 1. The smallest absolute Gasteiger partial charge is 0.0642 e. The van der Waals surface area contributed by atoms with E-state index in [-0.39, 0.29) is 0 Å². The zero-order chi connectivity index (χ0) is 13.7. The Kier molecular flexibility index (Phi) is 5.49. The minimum Gasteiger partial charge on any atom is -0.380 e. The fourth-order valence-electron chi connectivity index (χ4n) is 2.13. The highest BCUT2D eigenvalue weighted by molar-refractivity contribution is 6.33. The van der Waals surface area contributed by atoms with Crippen molar-refractivity contribution in [3.05, 3.63) is 28.8 Å². The average Bonchev–Trinajstić information content (AvgIpc) is 3.20. The van der Waals surface area contributed by atoms with Crippen molar-refractivity contribution in [2.24, 2.45) is 0 Å². The SMILES string of the molecule is CCOCCN(C)c1c(Cl)cccc1CNC1CC1. The van der Waals surface area contributed by atoms with Crippen LogP contribution in [0.2, 0.25) is 5.02 Å². The Morgan fingerprint density at radius 2 is 2.21 bits per heavy atom. The lowest BCUT2D eigenvalue weighted by molar-refractivity contribution is 0.154. The van der Waals surface area contributed by atoms with Gasteiger partial charge in [0.15, 0.2) is 0 Å². The minimum atomic E-state index is 0.709. The van der Waals surface area contributed by atoms with E-state index in [1.807, 2.05) is 19.1 Å². The number of hydrogen-bond acceptors (Lipinski definition) is 3. The predicted octanol–water partition coefficient (Wildman–Crippen LogP) is 3.06. The number of nitrogens with zero attached hydrogens (tertiary/aromatic N) is 1. The maximum atomic E-state index is 6.36. The van der Waals surface area contributed by atoms with Crippen molar-refractivity contribution in [2.45, 2.75) is 32.4 Å². The Bertz CT molecular complexity index is 407. The Morgan fingerprint density at radius 1 is 1.42 bits per heavy atom. The fraction of sp³-hybridized carbons (Fsp3) is 0.600. The van der Waals surface area contributed by atoms with Gasteiger partial charge in [-0.25, -0.2) is 0 Å². The van der Waals surface area contributed by atoms with Gasteiger partial charge >= 0.3 is 0 Å². The molecule has 0 saturated heterocycles. The lowest BCUT2D eigenvalue weighted by Gasteiger charge is -2.24. The molecule has 0 bridgehead atoms. The highest BCUT2D eigenvalue weighted by Crippen LogP contribution is 2.30. The molecule has 0 aliphatic heterocycles. The Labute approximate surface area is 120 Å². The number of hydrogen-bond donors (Lipinski definition) is 1. The molecule has 1 aromatic rings. The number of halogens is 1.